The summed E-state index contributed by atoms with van der Waals surface area (Å²) in [6, 6.07) is 3.99. The molecule has 1 atom stereocenters. The van der Waals surface area contributed by atoms with Gasteiger partial charge in [-0.25, -0.2) is 8.78 Å². The monoisotopic (exact) mass is 223 g/mol. The summed E-state index contributed by atoms with van der Waals surface area (Å²) in [5.41, 5.74) is 0.749. The maximum Gasteiger partial charge on any atom is 0.159 e. The molecule has 1 unspecified atom stereocenters. The molecule has 1 aromatic carbocycles. The van der Waals surface area contributed by atoms with Crippen molar-refractivity contribution in [3.8, 4) is 12.3 Å². The number of halogens is 2. The molecule has 1 nitrogen and oxygen atoms in total. The summed E-state index contributed by atoms with van der Waals surface area (Å²) in [5, 5.41) is 3.07. The maximum atomic E-state index is 13.0. The van der Waals surface area contributed by atoms with E-state index in [-0.39, 0.29) is 6.04 Å². The maximum absolute atomic E-state index is 13.0. The van der Waals surface area contributed by atoms with Crippen molar-refractivity contribution in [1.82, 2.24) is 5.32 Å². The highest BCUT2D eigenvalue weighted by Crippen LogP contribution is 2.20. The van der Waals surface area contributed by atoms with Crippen molar-refractivity contribution < 1.29 is 8.78 Å². The number of hydrogen-bond donors (Lipinski definition) is 1. The minimum atomic E-state index is -0.817. The van der Waals surface area contributed by atoms with Crippen LogP contribution >= 0.6 is 0 Å². The first-order valence-electron chi connectivity index (χ1n) is 5.24. The van der Waals surface area contributed by atoms with Gasteiger partial charge in [0.1, 0.15) is 0 Å². The number of nitrogens with one attached hydrogen (secondary N) is 1. The Morgan fingerprint density at radius 2 is 2.12 bits per heavy atom. The Morgan fingerprint density at radius 1 is 1.38 bits per heavy atom. The second-order valence-electron chi connectivity index (χ2n) is 3.61. The van der Waals surface area contributed by atoms with Gasteiger partial charge in [0.2, 0.25) is 0 Å². The number of rotatable bonds is 5. The second kappa shape index (κ2) is 6.24. The van der Waals surface area contributed by atoms with Gasteiger partial charge in [-0.05, 0) is 37.6 Å². The zero-order valence-electron chi connectivity index (χ0n) is 9.26. The topological polar surface area (TPSA) is 12.0 Å². The smallest absolute Gasteiger partial charge is 0.159 e. The van der Waals surface area contributed by atoms with E-state index in [1.54, 1.807) is 13.1 Å². The van der Waals surface area contributed by atoms with Crippen molar-refractivity contribution >= 4 is 0 Å². The quantitative estimate of drug-likeness (QED) is 0.597. The Hall–Kier alpha value is -1.40. The van der Waals surface area contributed by atoms with Crippen LogP contribution in [0.25, 0.3) is 0 Å². The summed E-state index contributed by atoms with van der Waals surface area (Å²) in [4.78, 5) is 0. The van der Waals surface area contributed by atoms with Crippen molar-refractivity contribution in [3.63, 3.8) is 0 Å². The molecule has 0 amide bonds. The lowest BCUT2D eigenvalue weighted by atomic mass is 10.0. The SMILES string of the molecule is C#CCCCC(NC)c1ccc(F)c(F)c1. The predicted molar refractivity (Wildman–Crippen MR) is 60.8 cm³/mol. The van der Waals surface area contributed by atoms with Gasteiger partial charge < -0.3 is 5.32 Å². The molecule has 0 bridgehead atoms. The van der Waals surface area contributed by atoms with E-state index < -0.39 is 11.6 Å². The van der Waals surface area contributed by atoms with Crippen molar-refractivity contribution in [1.29, 1.82) is 0 Å². The van der Waals surface area contributed by atoms with E-state index >= 15 is 0 Å². The van der Waals surface area contributed by atoms with Crippen LogP contribution in [-0.2, 0) is 0 Å². The normalized spacial score (nSPS) is 12.1. The van der Waals surface area contributed by atoms with Crippen LogP contribution in [0.1, 0.15) is 30.9 Å². The molecule has 86 valence electrons. The average Bonchev–Trinajstić information content (AvgIpc) is 2.29. The molecule has 0 aliphatic carbocycles. The molecule has 0 aliphatic heterocycles. The fraction of sp³-hybridized carbons (Fsp3) is 0.385. The Labute approximate surface area is 94.9 Å². The van der Waals surface area contributed by atoms with E-state index in [1.807, 2.05) is 0 Å². The lowest BCUT2D eigenvalue weighted by molar-refractivity contribution is 0.493. The molecule has 16 heavy (non-hydrogen) atoms. The number of terminal acetylenes is 1. The molecule has 0 saturated heterocycles. The van der Waals surface area contributed by atoms with Crippen LogP contribution in [-0.4, -0.2) is 7.05 Å². The van der Waals surface area contributed by atoms with Crippen LogP contribution in [0.2, 0.25) is 0 Å². The molecule has 1 rings (SSSR count). The number of benzene rings is 1. The molecular formula is C13H15F2N. The Balaban J connectivity index is 2.71. The summed E-state index contributed by atoms with van der Waals surface area (Å²) in [6.45, 7) is 0. The van der Waals surface area contributed by atoms with Crippen LogP contribution in [0, 0.1) is 24.0 Å². The van der Waals surface area contributed by atoms with Crippen LogP contribution in [0.4, 0.5) is 8.78 Å². The molecule has 0 spiro atoms. The largest absolute Gasteiger partial charge is 0.313 e. The third-order valence-corrected chi connectivity index (χ3v) is 2.51. The molecule has 0 heterocycles. The minimum Gasteiger partial charge on any atom is -0.313 e. The van der Waals surface area contributed by atoms with Gasteiger partial charge >= 0.3 is 0 Å². The minimum absolute atomic E-state index is 0.0171. The van der Waals surface area contributed by atoms with Crippen molar-refractivity contribution in [2.45, 2.75) is 25.3 Å². The van der Waals surface area contributed by atoms with E-state index in [1.165, 1.54) is 6.07 Å². The van der Waals surface area contributed by atoms with Crippen LogP contribution < -0.4 is 5.32 Å². The summed E-state index contributed by atoms with van der Waals surface area (Å²) >= 11 is 0. The molecule has 1 aromatic rings. The molecule has 0 saturated carbocycles. The summed E-state index contributed by atoms with van der Waals surface area (Å²) in [7, 11) is 1.79. The van der Waals surface area contributed by atoms with Gasteiger partial charge in [0.25, 0.3) is 0 Å². The summed E-state index contributed by atoms with van der Waals surface area (Å²) < 4.78 is 25.8. The highest BCUT2D eigenvalue weighted by atomic mass is 19.2. The molecule has 1 N–H and O–H groups in total. The molecular weight excluding hydrogens is 208 g/mol. The predicted octanol–water partition coefficient (Wildman–Crippen LogP) is 3.03. The molecule has 0 aliphatic rings. The van der Waals surface area contributed by atoms with Crippen LogP contribution in [0.15, 0.2) is 18.2 Å². The fourth-order valence-electron chi connectivity index (χ4n) is 1.62. The first-order valence-corrected chi connectivity index (χ1v) is 5.24. The van der Waals surface area contributed by atoms with Gasteiger partial charge in [0.05, 0.1) is 0 Å². The fourth-order valence-corrected chi connectivity index (χ4v) is 1.62. The van der Waals surface area contributed by atoms with E-state index in [0.717, 1.165) is 24.5 Å². The molecule has 0 fully saturated rings. The first kappa shape index (κ1) is 12.7. The van der Waals surface area contributed by atoms with E-state index in [2.05, 4.69) is 11.2 Å². The molecule has 0 aromatic heterocycles. The lowest BCUT2D eigenvalue weighted by Gasteiger charge is -2.16. The van der Waals surface area contributed by atoms with Crippen molar-refractivity contribution in [2.24, 2.45) is 0 Å². The highest BCUT2D eigenvalue weighted by Gasteiger charge is 2.11. The van der Waals surface area contributed by atoms with Gasteiger partial charge in [-0.2, -0.15) is 0 Å². The highest BCUT2D eigenvalue weighted by molar-refractivity contribution is 5.21. The van der Waals surface area contributed by atoms with E-state index in [9.17, 15) is 8.78 Å². The number of hydrogen-bond acceptors (Lipinski definition) is 1. The Kier molecular flexibility index (Phi) is 4.94. The second-order valence-corrected chi connectivity index (χ2v) is 3.61. The number of unbranched alkanes of at least 4 members (excludes halogenated alkanes) is 1. The van der Waals surface area contributed by atoms with Crippen LogP contribution in [0.5, 0.6) is 0 Å². The first-order chi connectivity index (χ1) is 7.69. The van der Waals surface area contributed by atoms with E-state index in [0.29, 0.717) is 6.42 Å². The Morgan fingerprint density at radius 3 is 2.69 bits per heavy atom. The van der Waals surface area contributed by atoms with Gasteiger partial charge in [-0.1, -0.05) is 6.07 Å². The average molecular weight is 223 g/mol. The van der Waals surface area contributed by atoms with Gasteiger partial charge in [-0.3, -0.25) is 0 Å². The van der Waals surface area contributed by atoms with Crippen LogP contribution in [0.3, 0.4) is 0 Å². The zero-order chi connectivity index (χ0) is 12.0. The Bertz CT molecular complexity index is 382. The van der Waals surface area contributed by atoms with E-state index in [4.69, 9.17) is 6.42 Å². The van der Waals surface area contributed by atoms with Crippen molar-refractivity contribution in [2.75, 3.05) is 7.05 Å². The molecule has 3 heteroatoms. The zero-order valence-corrected chi connectivity index (χ0v) is 9.26. The van der Waals surface area contributed by atoms with Gasteiger partial charge in [0.15, 0.2) is 11.6 Å². The van der Waals surface area contributed by atoms with Gasteiger partial charge in [-0.15, -0.1) is 12.3 Å². The summed E-state index contributed by atoms with van der Waals surface area (Å²) in [5.74, 6) is 0.929. The molecule has 0 radical (unpaired) electrons. The van der Waals surface area contributed by atoms with Gasteiger partial charge in [0, 0.05) is 12.5 Å². The third kappa shape index (κ3) is 3.32. The third-order valence-electron chi connectivity index (χ3n) is 2.51. The standard InChI is InChI=1S/C13H15F2N/c1-3-4-5-6-13(16-2)10-7-8-11(14)12(15)9-10/h1,7-9,13,16H,4-6H2,2H3. The lowest BCUT2D eigenvalue weighted by Crippen LogP contribution is -2.16. The van der Waals surface area contributed by atoms with Crippen molar-refractivity contribution in [3.05, 3.63) is 35.4 Å². The summed E-state index contributed by atoms with van der Waals surface area (Å²) in [6.07, 6.45) is 7.53.